The Bertz CT molecular complexity index is 845. The van der Waals surface area contributed by atoms with Gasteiger partial charge in [0.2, 0.25) is 11.7 Å². The van der Waals surface area contributed by atoms with Gasteiger partial charge in [-0.05, 0) is 19.1 Å². The summed E-state index contributed by atoms with van der Waals surface area (Å²) in [5.41, 5.74) is 0.536. The van der Waals surface area contributed by atoms with Gasteiger partial charge >= 0.3 is 6.09 Å². The zero-order chi connectivity index (χ0) is 20.5. The molecule has 0 saturated carbocycles. The number of ether oxygens (including phenoxy) is 1. The third-order valence-corrected chi connectivity index (χ3v) is 3.83. The van der Waals surface area contributed by atoms with Gasteiger partial charge in [0.15, 0.2) is 0 Å². The van der Waals surface area contributed by atoms with E-state index in [1.165, 1.54) is 12.1 Å². The predicted molar refractivity (Wildman–Crippen MR) is 103 cm³/mol. The van der Waals surface area contributed by atoms with Crippen molar-refractivity contribution in [1.82, 2.24) is 9.88 Å². The number of hydrogen-bond donors (Lipinski definition) is 2. The van der Waals surface area contributed by atoms with Gasteiger partial charge in [-0.15, -0.1) is 0 Å². The van der Waals surface area contributed by atoms with E-state index in [1.807, 2.05) is 0 Å². The molecule has 2 amide bonds. The molecule has 0 bridgehead atoms. The molecule has 0 unspecified atom stereocenters. The smallest absolute Gasteiger partial charge is 0.410 e. The number of carbonyl (C=O) groups excluding carboxylic acids is 3. The van der Waals surface area contributed by atoms with Gasteiger partial charge in [-0.2, -0.15) is 0 Å². The van der Waals surface area contributed by atoms with Gasteiger partial charge in [-0.3, -0.25) is 14.5 Å². The van der Waals surface area contributed by atoms with Gasteiger partial charge in [0.25, 0.3) is 0 Å². The summed E-state index contributed by atoms with van der Waals surface area (Å²) in [6.07, 6.45) is -0.721. The Morgan fingerprint density at radius 1 is 1.18 bits per heavy atom. The van der Waals surface area contributed by atoms with Crippen LogP contribution in [0.2, 0.25) is 5.15 Å². The average molecular weight is 406 g/mol. The Labute approximate surface area is 167 Å². The van der Waals surface area contributed by atoms with Crippen LogP contribution in [0.3, 0.4) is 0 Å². The van der Waals surface area contributed by atoms with Crippen molar-refractivity contribution in [2.45, 2.75) is 6.92 Å². The number of anilines is 1. The molecule has 2 N–H and O–H groups in total. The number of hydrogen-bond acceptors (Lipinski definition) is 6. The lowest BCUT2D eigenvalue weighted by Gasteiger charge is -2.20. The van der Waals surface area contributed by atoms with Gasteiger partial charge < -0.3 is 15.2 Å². The molecule has 1 aromatic carbocycles. The molecule has 8 nitrogen and oxygen atoms in total. The van der Waals surface area contributed by atoms with E-state index in [4.69, 9.17) is 21.4 Å². The first kappa shape index (κ1) is 21.3. The highest BCUT2D eigenvalue weighted by atomic mass is 35.5. The normalized spacial score (nSPS) is 10.2. The summed E-state index contributed by atoms with van der Waals surface area (Å²) in [6.45, 7) is 1.02. The van der Waals surface area contributed by atoms with Gasteiger partial charge in [0, 0.05) is 12.1 Å². The Hall–Kier alpha value is -2.97. The van der Waals surface area contributed by atoms with E-state index < -0.39 is 17.8 Å². The number of nitrogens with one attached hydrogen (secondary N) is 1. The molecular formula is C19H20ClN3O5. The molecule has 0 aliphatic carbocycles. The maximum absolute atomic E-state index is 12.7. The van der Waals surface area contributed by atoms with Crippen molar-refractivity contribution in [2.24, 2.45) is 0 Å². The van der Waals surface area contributed by atoms with E-state index in [2.05, 4.69) is 10.3 Å². The molecule has 0 radical (unpaired) electrons. The van der Waals surface area contributed by atoms with Crippen molar-refractivity contribution in [3.05, 3.63) is 58.9 Å². The highest BCUT2D eigenvalue weighted by Crippen LogP contribution is 2.20. The minimum Gasteiger partial charge on any atom is -0.450 e. The van der Waals surface area contributed by atoms with Crippen molar-refractivity contribution in [2.75, 3.05) is 31.6 Å². The lowest BCUT2D eigenvalue weighted by molar-refractivity contribution is -0.117. The van der Waals surface area contributed by atoms with Crippen LogP contribution in [0, 0.1) is 0 Å². The maximum Gasteiger partial charge on any atom is 0.410 e. The summed E-state index contributed by atoms with van der Waals surface area (Å²) in [6, 6.07) is 11.3. The second-order valence-electron chi connectivity index (χ2n) is 5.62. The third kappa shape index (κ3) is 5.77. The lowest BCUT2D eigenvalue weighted by atomic mass is 10.1. The van der Waals surface area contributed by atoms with Crippen LogP contribution in [0.15, 0.2) is 42.5 Å². The number of aliphatic hydroxyl groups is 1. The summed E-state index contributed by atoms with van der Waals surface area (Å²) >= 11 is 5.91. The van der Waals surface area contributed by atoms with Crippen LogP contribution in [0.25, 0.3) is 0 Å². The lowest BCUT2D eigenvalue weighted by Crippen LogP contribution is -2.40. The van der Waals surface area contributed by atoms with Crippen LogP contribution in [0.5, 0.6) is 0 Å². The zero-order valence-corrected chi connectivity index (χ0v) is 16.0. The number of aromatic nitrogens is 1. The van der Waals surface area contributed by atoms with Gasteiger partial charge in [0.1, 0.15) is 17.4 Å². The third-order valence-electron chi connectivity index (χ3n) is 3.62. The monoisotopic (exact) mass is 405 g/mol. The van der Waals surface area contributed by atoms with Gasteiger partial charge in [0.05, 0.1) is 18.9 Å². The van der Waals surface area contributed by atoms with Crippen LogP contribution >= 0.6 is 11.6 Å². The molecule has 0 aliphatic rings. The Morgan fingerprint density at radius 2 is 1.89 bits per heavy atom. The van der Waals surface area contributed by atoms with E-state index in [0.717, 1.165) is 4.90 Å². The van der Waals surface area contributed by atoms with Crippen molar-refractivity contribution in [3.8, 4) is 0 Å². The zero-order valence-electron chi connectivity index (χ0n) is 15.2. The number of halogens is 1. The second-order valence-corrected chi connectivity index (χ2v) is 6.00. The van der Waals surface area contributed by atoms with Crippen LogP contribution in [-0.4, -0.2) is 59.1 Å². The van der Waals surface area contributed by atoms with E-state index >= 15 is 0 Å². The van der Waals surface area contributed by atoms with E-state index in [0.29, 0.717) is 5.56 Å². The standard InChI is InChI=1S/C19H20ClN3O5/c1-2-28-19(27)23(10-11-24)12-16(25)21-14-8-9-15(20)22-17(14)18(26)13-6-4-3-5-7-13/h3-9,24H,2,10-12H2,1H3,(H,21,25). The quantitative estimate of drug-likeness (QED) is 0.515. The van der Waals surface area contributed by atoms with Crippen molar-refractivity contribution in [3.63, 3.8) is 0 Å². The Balaban J connectivity index is 2.20. The Kier molecular flexibility index (Phi) is 7.91. The molecule has 148 valence electrons. The molecule has 0 saturated heterocycles. The first-order valence-corrected chi connectivity index (χ1v) is 8.92. The number of aliphatic hydroxyl groups excluding tert-OH is 1. The number of benzene rings is 1. The van der Waals surface area contributed by atoms with Crippen LogP contribution < -0.4 is 5.32 Å². The summed E-state index contributed by atoms with van der Waals surface area (Å²) in [5, 5.41) is 11.7. The molecule has 2 aromatic rings. The molecule has 0 spiro atoms. The summed E-state index contributed by atoms with van der Waals surface area (Å²) in [4.78, 5) is 42.1. The number of ketones is 1. The predicted octanol–water partition coefficient (Wildman–Crippen LogP) is 2.36. The fraction of sp³-hybridized carbons (Fsp3) is 0.263. The summed E-state index contributed by atoms with van der Waals surface area (Å²) in [7, 11) is 0. The van der Waals surface area contributed by atoms with Crippen LogP contribution in [0.1, 0.15) is 23.0 Å². The van der Waals surface area contributed by atoms with E-state index in [1.54, 1.807) is 37.3 Å². The molecule has 0 aliphatic heterocycles. The van der Waals surface area contributed by atoms with E-state index in [-0.39, 0.29) is 42.8 Å². The fourth-order valence-electron chi connectivity index (χ4n) is 2.37. The molecule has 0 atom stereocenters. The molecule has 2 rings (SSSR count). The van der Waals surface area contributed by atoms with E-state index in [9.17, 15) is 14.4 Å². The van der Waals surface area contributed by atoms with Crippen LogP contribution in [-0.2, 0) is 9.53 Å². The molecule has 9 heteroatoms. The Morgan fingerprint density at radius 3 is 2.54 bits per heavy atom. The number of nitrogens with zero attached hydrogens (tertiary/aromatic N) is 2. The topological polar surface area (TPSA) is 109 Å². The molecule has 1 aromatic heterocycles. The van der Waals surface area contributed by atoms with Gasteiger partial charge in [-0.25, -0.2) is 9.78 Å². The number of rotatable bonds is 8. The minimum absolute atomic E-state index is 0.0168. The van der Waals surface area contributed by atoms with Crippen molar-refractivity contribution < 1.29 is 24.2 Å². The van der Waals surface area contributed by atoms with Crippen molar-refractivity contribution in [1.29, 1.82) is 0 Å². The molecule has 0 fully saturated rings. The maximum atomic E-state index is 12.7. The number of amides is 2. The first-order valence-electron chi connectivity index (χ1n) is 8.55. The highest BCUT2D eigenvalue weighted by Gasteiger charge is 2.21. The van der Waals surface area contributed by atoms with Gasteiger partial charge in [-0.1, -0.05) is 41.9 Å². The number of pyridine rings is 1. The summed E-state index contributed by atoms with van der Waals surface area (Å²) in [5.74, 6) is -0.983. The average Bonchev–Trinajstić information content (AvgIpc) is 2.69. The molecule has 1 heterocycles. The largest absolute Gasteiger partial charge is 0.450 e. The highest BCUT2D eigenvalue weighted by molar-refractivity contribution is 6.30. The first-order chi connectivity index (χ1) is 13.5. The van der Waals surface area contributed by atoms with Crippen molar-refractivity contribution >= 4 is 35.1 Å². The minimum atomic E-state index is -0.721. The fourth-order valence-corrected chi connectivity index (χ4v) is 2.52. The SMILES string of the molecule is CCOC(=O)N(CCO)CC(=O)Nc1ccc(Cl)nc1C(=O)c1ccccc1. The molecular weight excluding hydrogens is 386 g/mol. The second kappa shape index (κ2) is 10.4. The number of carbonyl (C=O) groups is 3. The summed E-state index contributed by atoms with van der Waals surface area (Å²) < 4.78 is 4.86. The molecule has 28 heavy (non-hydrogen) atoms. The van der Waals surface area contributed by atoms with Crippen LogP contribution in [0.4, 0.5) is 10.5 Å².